The summed E-state index contributed by atoms with van der Waals surface area (Å²) in [6.45, 7) is 0. The Kier molecular flexibility index (Phi) is 3.57. The summed E-state index contributed by atoms with van der Waals surface area (Å²) < 4.78 is 0. The Bertz CT molecular complexity index is 793. The maximum atomic E-state index is 12.4. The molecular weight excluding hydrogens is 280 g/mol. The first-order valence-electron chi connectivity index (χ1n) is 6.75. The largest absolute Gasteiger partial charge is 0.369 e. The topological polar surface area (TPSA) is 101 Å². The summed E-state index contributed by atoms with van der Waals surface area (Å²) in [5.74, 6) is -2.00. The number of nitrogens with zero attached hydrogens (tertiary/aromatic N) is 1. The van der Waals surface area contributed by atoms with Gasteiger partial charge in [0.25, 0.3) is 0 Å². The summed E-state index contributed by atoms with van der Waals surface area (Å²) >= 11 is 0. The van der Waals surface area contributed by atoms with Gasteiger partial charge in [-0.1, -0.05) is 42.5 Å². The number of para-hydroxylation sites is 2. The molecule has 22 heavy (non-hydrogen) atoms. The molecule has 1 aromatic heterocycles. The number of carbonyl (C=O) groups excluding carboxylic acids is 2. The summed E-state index contributed by atoms with van der Waals surface area (Å²) in [6, 6.07) is 16.1. The van der Waals surface area contributed by atoms with Gasteiger partial charge in [-0.3, -0.25) is 14.9 Å². The van der Waals surface area contributed by atoms with Crippen molar-refractivity contribution in [1.29, 1.82) is 0 Å². The Morgan fingerprint density at radius 1 is 1.05 bits per heavy atom. The van der Waals surface area contributed by atoms with Crippen LogP contribution in [-0.4, -0.2) is 21.8 Å². The molecule has 0 fully saturated rings. The minimum Gasteiger partial charge on any atom is -0.369 e. The predicted octanol–water partition coefficient (Wildman–Crippen LogP) is 1.77. The van der Waals surface area contributed by atoms with Crippen LogP contribution in [0, 0.1) is 0 Å². The van der Waals surface area contributed by atoms with Gasteiger partial charge in [-0.25, -0.2) is 4.98 Å². The van der Waals surface area contributed by atoms with E-state index in [1.54, 1.807) is 30.3 Å². The van der Waals surface area contributed by atoms with Crippen molar-refractivity contribution in [3.63, 3.8) is 0 Å². The number of anilines is 1. The second-order valence-electron chi connectivity index (χ2n) is 4.84. The minimum absolute atomic E-state index is 0.286. The molecule has 3 aromatic rings. The zero-order valence-electron chi connectivity index (χ0n) is 11.6. The van der Waals surface area contributed by atoms with Crippen LogP contribution in [0.25, 0.3) is 11.0 Å². The molecule has 1 atom stereocenters. The highest BCUT2D eigenvalue weighted by Crippen LogP contribution is 2.19. The lowest BCUT2D eigenvalue weighted by atomic mass is 9.98. The SMILES string of the molecule is NC(=O)C(C(=O)Nc1nc2ccccc2[nH]1)c1ccccc1. The Labute approximate surface area is 126 Å². The molecule has 1 unspecified atom stereocenters. The zero-order valence-corrected chi connectivity index (χ0v) is 11.6. The summed E-state index contributed by atoms with van der Waals surface area (Å²) in [5, 5.41) is 2.60. The number of nitrogens with one attached hydrogen (secondary N) is 2. The fraction of sp³-hybridized carbons (Fsp3) is 0.0625. The van der Waals surface area contributed by atoms with E-state index in [2.05, 4.69) is 15.3 Å². The van der Waals surface area contributed by atoms with E-state index in [0.717, 1.165) is 11.0 Å². The average Bonchev–Trinajstić information content (AvgIpc) is 2.90. The molecule has 1 heterocycles. The van der Waals surface area contributed by atoms with E-state index in [9.17, 15) is 9.59 Å². The van der Waals surface area contributed by atoms with Gasteiger partial charge in [0.2, 0.25) is 17.8 Å². The minimum atomic E-state index is -1.06. The number of carbonyl (C=O) groups is 2. The molecule has 0 aliphatic rings. The lowest BCUT2D eigenvalue weighted by molar-refractivity contribution is -0.127. The van der Waals surface area contributed by atoms with Crippen molar-refractivity contribution in [2.75, 3.05) is 5.32 Å². The maximum Gasteiger partial charge on any atom is 0.243 e. The van der Waals surface area contributed by atoms with Crippen LogP contribution in [-0.2, 0) is 9.59 Å². The standard InChI is InChI=1S/C16H14N4O2/c17-14(21)13(10-6-2-1-3-7-10)15(22)20-16-18-11-8-4-5-9-12(11)19-16/h1-9,13H,(H2,17,21)(H2,18,19,20,22). The molecule has 0 aliphatic heterocycles. The monoisotopic (exact) mass is 294 g/mol. The molecule has 110 valence electrons. The first kappa shape index (κ1) is 13.8. The second kappa shape index (κ2) is 5.69. The van der Waals surface area contributed by atoms with E-state index in [1.165, 1.54) is 0 Å². The zero-order chi connectivity index (χ0) is 15.5. The van der Waals surface area contributed by atoms with E-state index < -0.39 is 17.7 Å². The number of rotatable bonds is 4. The highest BCUT2D eigenvalue weighted by Gasteiger charge is 2.26. The van der Waals surface area contributed by atoms with Crippen molar-refractivity contribution in [3.8, 4) is 0 Å². The number of benzene rings is 2. The first-order chi connectivity index (χ1) is 10.6. The fourth-order valence-electron chi connectivity index (χ4n) is 2.29. The van der Waals surface area contributed by atoms with Crippen LogP contribution in [0.2, 0.25) is 0 Å². The molecule has 0 saturated carbocycles. The number of aromatic amines is 1. The second-order valence-corrected chi connectivity index (χ2v) is 4.84. The number of nitrogens with two attached hydrogens (primary N) is 1. The van der Waals surface area contributed by atoms with Crippen LogP contribution in [0.3, 0.4) is 0 Å². The lowest BCUT2D eigenvalue weighted by Crippen LogP contribution is -2.32. The number of amides is 2. The van der Waals surface area contributed by atoms with Gasteiger partial charge in [0.05, 0.1) is 11.0 Å². The third kappa shape index (κ3) is 2.67. The summed E-state index contributed by atoms with van der Waals surface area (Å²) in [6.07, 6.45) is 0. The van der Waals surface area contributed by atoms with Crippen LogP contribution in [0.1, 0.15) is 11.5 Å². The molecule has 6 heteroatoms. The van der Waals surface area contributed by atoms with Gasteiger partial charge >= 0.3 is 0 Å². The number of aromatic nitrogens is 2. The van der Waals surface area contributed by atoms with Gasteiger partial charge in [0.15, 0.2) is 0 Å². The molecule has 0 bridgehead atoms. The van der Waals surface area contributed by atoms with Crippen LogP contribution >= 0.6 is 0 Å². The quantitative estimate of drug-likeness (QED) is 0.639. The highest BCUT2D eigenvalue weighted by atomic mass is 16.2. The van der Waals surface area contributed by atoms with E-state index in [-0.39, 0.29) is 5.95 Å². The van der Waals surface area contributed by atoms with E-state index in [4.69, 9.17) is 5.73 Å². The summed E-state index contributed by atoms with van der Waals surface area (Å²) in [7, 11) is 0. The van der Waals surface area contributed by atoms with Crippen molar-refractivity contribution in [3.05, 3.63) is 60.2 Å². The lowest BCUT2D eigenvalue weighted by Gasteiger charge is -2.12. The van der Waals surface area contributed by atoms with E-state index in [1.807, 2.05) is 24.3 Å². The van der Waals surface area contributed by atoms with Gasteiger partial charge in [-0.05, 0) is 17.7 Å². The highest BCUT2D eigenvalue weighted by molar-refractivity contribution is 6.10. The molecule has 4 N–H and O–H groups in total. The average molecular weight is 294 g/mol. The van der Waals surface area contributed by atoms with Crippen LogP contribution in [0.15, 0.2) is 54.6 Å². The normalized spacial score (nSPS) is 12.0. The Morgan fingerprint density at radius 2 is 1.73 bits per heavy atom. The van der Waals surface area contributed by atoms with Gasteiger partial charge in [0, 0.05) is 0 Å². The number of hydrogen-bond donors (Lipinski definition) is 3. The number of fused-ring (bicyclic) bond motifs is 1. The van der Waals surface area contributed by atoms with Crippen molar-refractivity contribution < 1.29 is 9.59 Å². The summed E-state index contributed by atoms with van der Waals surface area (Å²) in [4.78, 5) is 31.2. The molecule has 2 amide bonds. The third-order valence-electron chi connectivity index (χ3n) is 3.31. The number of H-pyrrole nitrogens is 1. The van der Waals surface area contributed by atoms with Crippen LogP contribution < -0.4 is 11.1 Å². The van der Waals surface area contributed by atoms with Gasteiger partial charge in [0.1, 0.15) is 5.92 Å². The molecule has 2 aromatic carbocycles. The predicted molar refractivity (Wildman–Crippen MR) is 83.1 cm³/mol. The molecule has 0 saturated heterocycles. The van der Waals surface area contributed by atoms with E-state index in [0.29, 0.717) is 5.56 Å². The number of primary amides is 1. The van der Waals surface area contributed by atoms with Crippen LogP contribution in [0.5, 0.6) is 0 Å². The Balaban J connectivity index is 1.86. The number of hydrogen-bond acceptors (Lipinski definition) is 3. The van der Waals surface area contributed by atoms with Crippen molar-refractivity contribution in [1.82, 2.24) is 9.97 Å². The van der Waals surface area contributed by atoms with Gasteiger partial charge < -0.3 is 10.7 Å². The van der Waals surface area contributed by atoms with Crippen molar-refractivity contribution in [2.45, 2.75) is 5.92 Å². The van der Waals surface area contributed by atoms with Crippen molar-refractivity contribution in [2.24, 2.45) is 5.73 Å². The molecule has 3 rings (SSSR count). The maximum absolute atomic E-state index is 12.4. The third-order valence-corrected chi connectivity index (χ3v) is 3.31. The van der Waals surface area contributed by atoms with Gasteiger partial charge in [-0.2, -0.15) is 0 Å². The summed E-state index contributed by atoms with van der Waals surface area (Å²) in [5.41, 5.74) is 7.44. The molecule has 0 radical (unpaired) electrons. The van der Waals surface area contributed by atoms with Crippen LogP contribution in [0.4, 0.5) is 5.95 Å². The van der Waals surface area contributed by atoms with Crippen molar-refractivity contribution >= 4 is 28.8 Å². The number of imidazole rings is 1. The molecule has 0 spiro atoms. The van der Waals surface area contributed by atoms with E-state index >= 15 is 0 Å². The smallest absolute Gasteiger partial charge is 0.243 e. The first-order valence-corrected chi connectivity index (χ1v) is 6.75. The molecule has 6 nitrogen and oxygen atoms in total. The fourth-order valence-corrected chi connectivity index (χ4v) is 2.29. The van der Waals surface area contributed by atoms with Gasteiger partial charge in [-0.15, -0.1) is 0 Å². The molecule has 0 aliphatic carbocycles. The Hall–Kier alpha value is -3.15. The Morgan fingerprint density at radius 3 is 2.41 bits per heavy atom. The molecular formula is C16H14N4O2.